The van der Waals surface area contributed by atoms with Crippen molar-refractivity contribution in [2.75, 3.05) is 14.2 Å². The van der Waals surface area contributed by atoms with Crippen LogP contribution in [-0.4, -0.2) is 60.3 Å². The van der Waals surface area contributed by atoms with Gasteiger partial charge in [0.25, 0.3) is 0 Å². The summed E-state index contributed by atoms with van der Waals surface area (Å²) < 4.78 is 16.2. The summed E-state index contributed by atoms with van der Waals surface area (Å²) in [5.74, 6) is 0.907. The van der Waals surface area contributed by atoms with Gasteiger partial charge in [0.05, 0.1) is 17.1 Å². The van der Waals surface area contributed by atoms with Gasteiger partial charge < -0.3 is 29.2 Å². The Hall–Kier alpha value is -3.37. The Morgan fingerprint density at radius 3 is 2.61 bits per heavy atom. The van der Waals surface area contributed by atoms with E-state index < -0.39 is 19.3 Å². The average molecular weight is 518 g/mol. The summed E-state index contributed by atoms with van der Waals surface area (Å²) in [4.78, 5) is 37.0. The van der Waals surface area contributed by atoms with Crippen LogP contribution in [0.5, 0.6) is 0 Å². The van der Waals surface area contributed by atoms with Gasteiger partial charge in [-0.25, -0.2) is 9.78 Å². The van der Waals surface area contributed by atoms with Gasteiger partial charge in [-0.05, 0) is 54.3 Å². The number of rotatable bonds is 9. The number of piperidine rings is 1. The van der Waals surface area contributed by atoms with Crippen molar-refractivity contribution in [3.05, 3.63) is 59.9 Å². The Balaban J connectivity index is 1.35. The molecular formula is C28H35BN4O5. The molecule has 0 radical (unpaired) electrons. The highest BCUT2D eigenvalue weighted by atomic mass is 16.6. The first kappa shape index (κ1) is 26.3. The number of imidazole rings is 1. The summed E-state index contributed by atoms with van der Waals surface area (Å²) in [5.41, 5.74) is 3.47. The van der Waals surface area contributed by atoms with E-state index in [0.29, 0.717) is 5.92 Å². The Bertz CT molecular complexity index is 1280. The Morgan fingerprint density at radius 2 is 1.89 bits per heavy atom. The van der Waals surface area contributed by atoms with E-state index in [9.17, 15) is 9.59 Å². The van der Waals surface area contributed by atoms with Crippen molar-refractivity contribution in [1.29, 1.82) is 0 Å². The standard InChI is InChI=1S/C28H35BN4O5/c1-17(2)24(32-28(35)38-16-18-8-6-5-7-9-18)27(34)33-21-12-10-19(14-21)25(33)26-30-22-13-11-20(15-23(22)31-26)29(36-3)37-4/h5-9,11,13,15,17,19,21,24-25H,10,12,14,16H2,1-4H3,(H,30,31)(H,32,35). The van der Waals surface area contributed by atoms with Crippen molar-refractivity contribution >= 4 is 35.6 Å². The molecule has 4 atom stereocenters. The molecule has 2 aromatic carbocycles. The summed E-state index contributed by atoms with van der Waals surface area (Å²) in [7, 11) is 2.74. The first-order valence-electron chi connectivity index (χ1n) is 13.2. The monoisotopic (exact) mass is 518 g/mol. The van der Waals surface area contributed by atoms with E-state index in [1.165, 1.54) is 0 Å². The molecule has 1 aliphatic heterocycles. The maximum Gasteiger partial charge on any atom is 0.493 e. The minimum atomic E-state index is -0.694. The topological polar surface area (TPSA) is 106 Å². The molecule has 2 fully saturated rings. The molecule has 2 N–H and O–H groups in total. The van der Waals surface area contributed by atoms with Crippen LogP contribution >= 0.6 is 0 Å². The van der Waals surface area contributed by atoms with Crippen LogP contribution in [0.4, 0.5) is 4.79 Å². The maximum absolute atomic E-state index is 14.0. The van der Waals surface area contributed by atoms with E-state index in [-0.39, 0.29) is 30.5 Å². The highest BCUT2D eigenvalue weighted by Gasteiger charge is 2.51. The quantitative estimate of drug-likeness (QED) is 0.420. The van der Waals surface area contributed by atoms with Crippen molar-refractivity contribution in [2.45, 2.75) is 57.8 Å². The number of hydrogen-bond acceptors (Lipinski definition) is 6. The van der Waals surface area contributed by atoms with Gasteiger partial charge in [0, 0.05) is 20.3 Å². The zero-order valence-corrected chi connectivity index (χ0v) is 22.3. The number of likely N-dealkylation sites (tertiary alicyclic amines) is 1. The molecular weight excluding hydrogens is 483 g/mol. The van der Waals surface area contributed by atoms with Crippen molar-refractivity contribution in [3.63, 3.8) is 0 Å². The van der Waals surface area contributed by atoms with Crippen LogP contribution in [0.25, 0.3) is 11.0 Å². The fraction of sp³-hybridized carbons (Fsp3) is 0.464. The van der Waals surface area contributed by atoms with E-state index in [1.54, 1.807) is 14.2 Å². The van der Waals surface area contributed by atoms with E-state index >= 15 is 0 Å². The number of aromatic amines is 1. The third-order valence-corrected chi connectivity index (χ3v) is 7.76. The van der Waals surface area contributed by atoms with Gasteiger partial charge in [0.15, 0.2) is 0 Å². The molecule has 10 heteroatoms. The van der Waals surface area contributed by atoms with Gasteiger partial charge in [0.1, 0.15) is 18.5 Å². The van der Waals surface area contributed by atoms with Gasteiger partial charge >= 0.3 is 13.2 Å². The molecule has 4 unspecified atom stereocenters. The lowest BCUT2D eigenvalue weighted by Crippen LogP contribution is -2.54. The molecule has 2 bridgehead atoms. The largest absolute Gasteiger partial charge is 0.493 e. The first-order valence-corrected chi connectivity index (χ1v) is 13.2. The number of hydrogen-bond donors (Lipinski definition) is 2. The number of fused-ring (bicyclic) bond motifs is 3. The highest BCUT2D eigenvalue weighted by Crippen LogP contribution is 2.50. The lowest BCUT2D eigenvalue weighted by molar-refractivity contribution is -0.139. The van der Waals surface area contributed by atoms with Crippen LogP contribution in [0.3, 0.4) is 0 Å². The number of aromatic nitrogens is 2. The molecule has 1 saturated carbocycles. The number of carbonyl (C=O) groups is 2. The SMILES string of the molecule is COB(OC)c1ccc2nc(C3C4CCC(C4)N3C(=O)C(NC(=O)OCc3ccccc3)C(C)C)[nH]c2c1. The second kappa shape index (κ2) is 11.2. The summed E-state index contributed by atoms with van der Waals surface area (Å²) in [6, 6.07) is 14.6. The number of nitrogens with zero attached hydrogens (tertiary/aromatic N) is 2. The lowest BCUT2D eigenvalue weighted by atomic mass is 9.79. The smallest absolute Gasteiger partial charge is 0.445 e. The van der Waals surface area contributed by atoms with Gasteiger partial charge in [-0.1, -0.05) is 50.2 Å². The van der Waals surface area contributed by atoms with Crippen molar-refractivity contribution in [2.24, 2.45) is 11.8 Å². The van der Waals surface area contributed by atoms with Gasteiger partial charge in [0.2, 0.25) is 5.91 Å². The lowest BCUT2D eigenvalue weighted by Gasteiger charge is -2.37. The van der Waals surface area contributed by atoms with Crippen molar-refractivity contribution < 1.29 is 23.6 Å². The molecule has 2 amide bonds. The third-order valence-electron chi connectivity index (χ3n) is 7.76. The molecule has 200 valence electrons. The van der Waals surface area contributed by atoms with Crippen LogP contribution in [0, 0.1) is 11.8 Å². The summed E-state index contributed by atoms with van der Waals surface area (Å²) >= 11 is 0. The van der Waals surface area contributed by atoms with Crippen LogP contribution in [0.15, 0.2) is 48.5 Å². The highest BCUT2D eigenvalue weighted by molar-refractivity contribution is 6.61. The number of alkyl carbamates (subject to hydrolysis) is 1. The van der Waals surface area contributed by atoms with E-state index in [4.69, 9.17) is 19.0 Å². The Labute approximate surface area is 223 Å². The van der Waals surface area contributed by atoms with Crippen molar-refractivity contribution in [3.8, 4) is 0 Å². The van der Waals surface area contributed by atoms with Crippen LogP contribution in [-0.2, 0) is 25.4 Å². The summed E-state index contributed by atoms with van der Waals surface area (Å²) in [5, 5.41) is 2.84. The van der Waals surface area contributed by atoms with E-state index in [2.05, 4.69) is 10.3 Å². The fourth-order valence-corrected chi connectivity index (χ4v) is 5.93. The molecule has 38 heavy (non-hydrogen) atoms. The predicted molar refractivity (Wildman–Crippen MR) is 145 cm³/mol. The summed E-state index contributed by atoms with van der Waals surface area (Å²) in [6.07, 6.45) is 2.36. The molecule has 1 aliphatic carbocycles. The van der Waals surface area contributed by atoms with E-state index in [0.717, 1.165) is 47.1 Å². The van der Waals surface area contributed by atoms with Crippen LogP contribution in [0.2, 0.25) is 0 Å². The Kier molecular flexibility index (Phi) is 7.72. The van der Waals surface area contributed by atoms with Gasteiger partial charge in [-0.2, -0.15) is 0 Å². The number of amides is 2. The van der Waals surface area contributed by atoms with Crippen molar-refractivity contribution in [1.82, 2.24) is 20.2 Å². The number of H-pyrrole nitrogens is 1. The maximum atomic E-state index is 14.0. The second-order valence-corrected chi connectivity index (χ2v) is 10.5. The molecule has 9 nitrogen and oxygen atoms in total. The first-order chi connectivity index (χ1) is 18.4. The van der Waals surface area contributed by atoms with Gasteiger partial charge in [-0.3, -0.25) is 4.79 Å². The minimum Gasteiger partial charge on any atom is -0.445 e. The average Bonchev–Trinajstić information content (AvgIpc) is 3.65. The number of ether oxygens (including phenoxy) is 1. The molecule has 2 aliphatic rings. The fourth-order valence-electron chi connectivity index (χ4n) is 5.93. The number of benzene rings is 2. The predicted octanol–water partition coefficient (Wildman–Crippen LogP) is 3.55. The molecule has 2 heterocycles. The molecule has 5 rings (SSSR count). The molecule has 1 aromatic heterocycles. The molecule has 0 spiro atoms. The zero-order valence-electron chi connectivity index (χ0n) is 22.3. The third kappa shape index (κ3) is 5.15. The molecule has 1 saturated heterocycles. The van der Waals surface area contributed by atoms with Gasteiger partial charge in [-0.15, -0.1) is 0 Å². The van der Waals surface area contributed by atoms with Crippen LogP contribution in [0.1, 0.15) is 50.5 Å². The minimum absolute atomic E-state index is 0.0890. The zero-order chi connectivity index (χ0) is 26.8. The van der Waals surface area contributed by atoms with E-state index in [1.807, 2.05) is 67.3 Å². The Morgan fingerprint density at radius 1 is 1.13 bits per heavy atom. The number of carbonyl (C=O) groups excluding carboxylic acids is 2. The number of nitrogens with one attached hydrogen (secondary N) is 2. The molecule has 3 aromatic rings. The second-order valence-electron chi connectivity index (χ2n) is 10.5. The summed E-state index contributed by atoms with van der Waals surface area (Å²) in [6.45, 7) is 4.03. The van der Waals surface area contributed by atoms with Crippen LogP contribution < -0.4 is 10.8 Å². The normalized spacial score (nSPS) is 21.2.